The van der Waals surface area contributed by atoms with Crippen molar-refractivity contribution in [3.8, 4) is 5.75 Å². The van der Waals surface area contributed by atoms with Gasteiger partial charge in [-0.05, 0) is 86.5 Å². The number of likely N-dealkylation sites (N-methyl/N-ethyl adjacent to an activating group) is 1. The summed E-state index contributed by atoms with van der Waals surface area (Å²) in [5, 5.41) is 0. The van der Waals surface area contributed by atoms with Crippen LogP contribution in [0.3, 0.4) is 0 Å². The zero-order chi connectivity index (χ0) is 26.5. The fourth-order valence-corrected chi connectivity index (χ4v) is 6.48. The number of fused-ring (bicyclic) bond motifs is 1. The largest absolute Gasteiger partial charge is 0.497 e. The first-order valence-electron chi connectivity index (χ1n) is 12.7. The van der Waals surface area contributed by atoms with Crippen LogP contribution < -0.4 is 4.74 Å². The minimum absolute atomic E-state index is 0.0806. The Labute approximate surface area is 217 Å². The van der Waals surface area contributed by atoms with E-state index in [0.717, 1.165) is 31.5 Å². The number of sulfonamides is 1. The van der Waals surface area contributed by atoms with Crippen molar-refractivity contribution in [1.82, 2.24) is 14.1 Å². The van der Waals surface area contributed by atoms with E-state index >= 15 is 0 Å². The molecule has 1 aliphatic heterocycles. The van der Waals surface area contributed by atoms with Crippen LogP contribution in [0, 0.1) is 13.8 Å². The van der Waals surface area contributed by atoms with E-state index in [-0.39, 0.29) is 5.91 Å². The highest BCUT2D eigenvalue weighted by atomic mass is 32.2. The molecule has 0 N–H and O–H groups in total. The fraction of sp³-hybridized carbons (Fsp3) is 0.536. The molecule has 2 aromatic carbocycles. The Bertz CT molecular complexity index is 1160. The zero-order valence-corrected chi connectivity index (χ0v) is 23.5. The van der Waals surface area contributed by atoms with Gasteiger partial charge in [0.1, 0.15) is 5.75 Å². The number of carbonyl (C=O) groups excluding carboxylic acids is 1. The molecular formula is C28H41N3O4S. The molecule has 1 amide bonds. The molecule has 7 nitrogen and oxygen atoms in total. The minimum Gasteiger partial charge on any atom is -0.497 e. The summed E-state index contributed by atoms with van der Waals surface area (Å²) in [5.41, 5.74) is 5.30. The summed E-state index contributed by atoms with van der Waals surface area (Å²) in [7, 11) is 3.55. The Morgan fingerprint density at radius 3 is 2.28 bits per heavy atom. The molecule has 1 aliphatic rings. The second-order valence-electron chi connectivity index (χ2n) is 10.0. The third-order valence-corrected chi connectivity index (χ3v) is 9.26. The number of carbonyl (C=O) groups is 1. The fourth-order valence-electron chi connectivity index (χ4n) is 4.86. The van der Waals surface area contributed by atoms with Gasteiger partial charge >= 0.3 is 0 Å². The standard InChI is InChI=1S/C28H41N3O4S/c1-21-17-26(35-6)18-22(2)28(21)36(33,34)31(5)14-8-7-9-27(32)30(4)20-23-10-11-24-12-15-29(3)16-13-25(24)19-23/h10-11,17-19H,7-9,12-16,20H2,1-6H3. The normalized spacial score (nSPS) is 14.4. The van der Waals surface area contributed by atoms with Crippen molar-refractivity contribution in [2.45, 2.75) is 57.4 Å². The Morgan fingerprint density at radius 1 is 1.00 bits per heavy atom. The van der Waals surface area contributed by atoms with Crippen LogP contribution in [0.1, 0.15) is 47.1 Å². The van der Waals surface area contributed by atoms with Crippen molar-refractivity contribution in [2.24, 2.45) is 0 Å². The highest BCUT2D eigenvalue weighted by Gasteiger charge is 2.25. The number of amides is 1. The van der Waals surface area contributed by atoms with E-state index in [9.17, 15) is 13.2 Å². The second-order valence-corrected chi connectivity index (χ2v) is 12.0. The van der Waals surface area contributed by atoms with Gasteiger partial charge in [0, 0.05) is 46.7 Å². The topological polar surface area (TPSA) is 70.2 Å². The summed E-state index contributed by atoms with van der Waals surface area (Å²) >= 11 is 0. The van der Waals surface area contributed by atoms with Crippen LogP contribution in [0.25, 0.3) is 0 Å². The molecule has 0 aromatic heterocycles. The molecule has 8 heteroatoms. The molecule has 0 radical (unpaired) electrons. The number of aryl methyl sites for hydroxylation is 2. The monoisotopic (exact) mass is 515 g/mol. The van der Waals surface area contributed by atoms with Crippen LogP contribution in [-0.4, -0.2) is 76.3 Å². The number of unbranched alkanes of at least 4 members (excludes halogenated alkanes) is 1. The Balaban J connectivity index is 1.49. The van der Waals surface area contributed by atoms with E-state index < -0.39 is 10.0 Å². The molecule has 2 aromatic rings. The van der Waals surface area contributed by atoms with Crippen molar-refractivity contribution in [2.75, 3.05) is 47.9 Å². The van der Waals surface area contributed by atoms with E-state index in [1.54, 1.807) is 45.0 Å². The van der Waals surface area contributed by atoms with Gasteiger partial charge in [-0.1, -0.05) is 18.2 Å². The van der Waals surface area contributed by atoms with Crippen LogP contribution in [-0.2, 0) is 34.2 Å². The summed E-state index contributed by atoms with van der Waals surface area (Å²) in [4.78, 5) is 17.2. The summed E-state index contributed by atoms with van der Waals surface area (Å²) in [6, 6.07) is 10.1. The maximum absolute atomic E-state index is 13.2. The van der Waals surface area contributed by atoms with Gasteiger partial charge in [0.15, 0.2) is 0 Å². The van der Waals surface area contributed by atoms with Crippen molar-refractivity contribution in [3.63, 3.8) is 0 Å². The summed E-state index contributed by atoms with van der Waals surface area (Å²) in [6.07, 6.45) is 3.78. The predicted molar refractivity (Wildman–Crippen MR) is 144 cm³/mol. The highest BCUT2D eigenvalue weighted by molar-refractivity contribution is 7.89. The molecule has 198 valence electrons. The van der Waals surface area contributed by atoms with Gasteiger partial charge in [0.05, 0.1) is 12.0 Å². The van der Waals surface area contributed by atoms with Crippen LogP contribution in [0.4, 0.5) is 0 Å². The molecule has 36 heavy (non-hydrogen) atoms. The molecule has 0 saturated carbocycles. The Morgan fingerprint density at radius 2 is 1.64 bits per heavy atom. The molecule has 0 bridgehead atoms. The maximum Gasteiger partial charge on any atom is 0.243 e. The highest BCUT2D eigenvalue weighted by Crippen LogP contribution is 2.28. The van der Waals surface area contributed by atoms with E-state index in [1.807, 2.05) is 7.05 Å². The van der Waals surface area contributed by atoms with Crippen molar-refractivity contribution in [3.05, 3.63) is 58.1 Å². The van der Waals surface area contributed by atoms with Gasteiger partial charge in [-0.15, -0.1) is 0 Å². The number of nitrogens with zero attached hydrogens (tertiary/aromatic N) is 3. The smallest absolute Gasteiger partial charge is 0.243 e. The molecule has 0 saturated heterocycles. The van der Waals surface area contributed by atoms with Crippen LogP contribution in [0.5, 0.6) is 5.75 Å². The quantitative estimate of drug-likeness (QED) is 0.450. The zero-order valence-electron chi connectivity index (χ0n) is 22.6. The van der Waals surface area contributed by atoms with Crippen LogP contribution in [0.15, 0.2) is 35.2 Å². The van der Waals surface area contributed by atoms with E-state index in [1.165, 1.54) is 15.4 Å². The summed E-state index contributed by atoms with van der Waals surface area (Å²) in [5.74, 6) is 0.727. The lowest BCUT2D eigenvalue weighted by Gasteiger charge is -2.21. The number of ether oxygens (including phenoxy) is 1. The average Bonchev–Trinajstić information content (AvgIpc) is 3.01. The van der Waals surface area contributed by atoms with Crippen molar-refractivity contribution in [1.29, 1.82) is 0 Å². The summed E-state index contributed by atoms with van der Waals surface area (Å²) < 4.78 is 33.0. The van der Waals surface area contributed by atoms with Crippen LogP contribution >= 0.6 is 0 Å². The first-order chi connectivity index (χ1) is 17.0. The molecular weight excluding hydrogens is 474 g/mol. The van der Waals surface area contributed by atoms with Gasteiger partial charge in [0.2, 0.25) is 15.9 Å². The molecule has 3 rings (SSSR count). The van der Waals surface area contributed by atoms with Gasteiger partial charge in [0.25, 0.3) is 0 Å². The Kier molecular flexibility index (Phi) is 9.55. The minimum atomic E-state index is -3.62. The molecule has 0 spiro atoms. The third-order valence-electron chi connectivity index (χ3n) is 7.09. The number of methoxy groups -OCH3 is 1. The van der Waals surface area contributed by atoms with E-state index in [4.69, 9.17) is 4.74 Å². The SMILES string of the molecule is COc1cc(C)c(S(=O)(=O)N(C)CCCCC(=O)N(C)Cc2ccc3c(c2)CCN(C)CC3)c(C)c1. The lowest BCUT2D eigenvalue weighted by atomic mass is 10.00. The second kappa shape index (κ2) is 12.2. The van der Waals surface area contributed by atoms with E-state index in [0.29, 0.717) is 54.1 Å². The van der Waals surface area contributed by atoms with Gasteiger partial charge < -0.3 is 14.5 Å². The predicted octanol–water partition coefficient (Wildman–Crippen LogP) is 3.79. The van der Waals surface area contributed by atoms with Crippen molar-refractivity contribution >= 4 is 15.9 Å². The van der Waals surface area contributed by atoms with Crippen LogP contribution in [0.2, 0.25) is 0 Å². The molecule has 0 unspecified atom stereocenters. The first-order valence-corrected chi connectivity index (χ1v) is 14.1. The Hall–Kier alpha value is -2.42. The number of benzene rings is 2. The summed E-state index contributed by atoms with van der Waals surface area (Å²) in [6.45, 7) is 6.67. The third kappa shape index (κ3) is 6.87. The van der Waals surface area contributed by atoms with Crippen molar-refractivity contribution < 1.29 is 17.9 Å². The lowest BCUT2D eigenvalue weighted by Crippen LogP contribution is -2.30. The first kappa shape index (κ1) is 28.2. The van der Waals surface area contributed by atoms with Gasteiger partial charge in [-0.25, -0.2) is 12.7 Å². The average molecular weight is 516 g/mol. The molecule has 1 heterocycles. The van der Waals surface area contributed by atoms with E-state index in [2.05, 4.69) is 30.1 Å². The molecule has 0 atom stereocenters. The number of hydrogen-bond donors (Lipinski definition) is 0. The van der Waals surface area contributed by atoms with Gasteiger partial charge in [-0.2, -0.15) is 0 Å². The number of hydrogen-bond acceptors (Lipinski definition) is 5. The maximum atomic E-state index is 13.2. The molecule has 0 aliphatic carbocycles. The lowest BCUT2D eigenvalue weighted by molar-refractivity contribution is -0.130. The van der Waals surface area contributed by atoms with Gasteiger partial charge in [-0.3, -0.25) is 4.79 Å². The molecule has 0 fully saturated rings. The number of rotatable bonds is 10.